The number of aromatic hydroxyl groups is 2. The van der Waals surface area contributed by atoms with Crippen LogP contribution in [0.1, 0.15) is 11.1 Å². The summed E-state index contributed by atoms with van der Waals surface area (Å²) in [5.74, 6) is 0.306. The molecule has 0 saturated carbocycles. The Morgan fingerprint density at radius 1 is 0.367 bits per heavy atom. The van der Waals surface area contributed by atoms with Crippen LogP contribution in [-0.2, 0) is 19.5 Å². The van der Waals surface area contributed by atoms with Crippen LogP contribution < -0.4 is 0 Å². The van der Waals surface area contributed by atoms with Gasteiger partial charge in [-0.1, -0.05) is 121 Å². The minimum absolute atomic E-state index is 0. The molecular weight excluding hydrogens is 654 g/mol. The van der Waals surface area contributed by atoms with E-state index in [4.69, 9.17) is 9.98 Å². The van der Waals surface area contributed by atoms with Crippen molar-refractivity contribution in [3.8, 4) is 33.8 Å². The molecule has 2 N–H and O–H groups in total. The Kier molecular flexibility index (Phi) is 8.85. The fourth-order valence-corrected chi connectivity index (χ4v) is 6.27. The molecule has 8 aromatic rings. The van der Waals surface area contributed by atoms with Crippen molar-refractivity contribution in [2.24, 2.45) is 9.98 Å². The van der Waals surface area contributed by atoms with Crippen molar-refractivity contribution in [1.82, 2.24) is 0 Å². The van der Waals surface area contributed by atoms with Gasteiger partial charge in [-0.05, 0) is 91.0 Å². The Bertz CT molecular complexity index is 2350. The van der Waals surface area contributed by atoms with Gasteiger partial charge >= 0.3 is 0 Å². The van der Waals surface area contributed by atoms with Gasteiger partial charge in [-0.15, -0.1) is 0 Å². The van der Waals surface area contributed by atoms with Crippen LogP contribution in [0.25, 0.3) is 54.6 Å². The Hall–Kier alpha value is -5.90. The molecule has 4 nitrogen and oxygen atoms in total. The maximum Gasteiger partial charge on any atom is 0.124 e. The van der Waals surface area contributed by atoms with Crippen LogP contribution >= 0.6 is 0 Å². The first-order chi connectivity index (χ1) is 23.6. The summed E-state index contributed by atoms with van der Waals surface area (Å²) in [5, 5.41) is 27.8. The Balaban J connectivity index is 0.00000378. The van der Waals surface area contributed by atoms with Crippen molar-refractivity contribution in [3.63, 3.8) is 0 Å². The van der Waals surface area contributed by atoms with Crippen molar-refractivity contribution in [1.29, 1.82) is 0 Å². The van der Waals surface area contributed by atoms with E-state index in [1.807, 2.05) is 97.1 Å². The molecule has 0 amide bonds. The zero-order valence-corrected chi connectivity index (χ0v) is 29.6. The third kappa shape index (κ3) is 6.37. The number of hydrogen-bond donors (Lipinski definition) is 2. The molecule has 0 saturated heterocycles. The van der Waals surface area contributed by atoms with Gasteiger partial charge in [-0.2, -0.15) is 0 Å². The van der Waals surface area contributed by atoms with Gasteiger partial charge in [0.2, 0.25) is 0 Å². The molecule has 0 radical (unpaired) electrons. The summed E-state index contributed by atoms with van der Waals surface area (Å²) in [7, 11) is 0. The minimum Gasteiger partial charge on any atom is -0.507 e. The molecule has 0 aliphatic heterocycles. The summed E-state index contributed by atoms with van der Waals surface area (Å²) < 4.78 is 0. The smallest absolute Gasteiger partial charge is 0.124 e. The average Bonchev–Trinajstić information content (AvgIpc) is 3.14. The summed E-state index contributed by atoms with van der Waals surface area (Å²) in [6.45, 7) is 0. The number of phenolic OH excluding ortho intramolecular Hbond substituents is 2. The zero-order valence-electron chi connectivity index (χ0n) is 26.7. The van der Waals surface area contributed by atoms with Crippen molar-refractivity contribution in [2.45, 2.75) is 0 Å². The number of hydrogen-bond acceptors (Lipinski definition) is 4. The van der Waals surface area contributed by atoms with Gasteiger partial charge in [-0.3, -0.25) is 9.98 Å². The number of benzene rings is 8. The molecule has 0 unspecified atom stereocenters. The van der Waals surface area contributed by atoms with Crippen molar-refractivity contribution in [2.75, 3.05) is 0 Å². The predicted octanol–water partition coefficient (Wildman–Crippen LogP) is 11.4. The maximum absolute atomic E-state index is 10.9. The van der Waals surface area contributed by atoms with Gasteiger partial charge in [0.25, 0.3) is 0 Å². The van der Waals surface area contributed by atoms with Gasteiger partial charge in [-0.25, -0.2) is 0 Å². The molecule has 0 aromatic heterocycles. The summed E-state index contributed by atoms with van der Waals surface area (Å²) in [6.07, 6.45) is 3.42. The fraction of sp³-hybridized carbons (Fsp3) is 0. The molecule has 0 aliphatic rings. The number of phenols is 2. The average molecular weight is 684 g/mol. The van der Waals surface area contributed by atoms with Crippen LogP contribution in [0.3, 0.4) is 0 Å². The van der Waals surface area contributed by atoms with Crippen LogP contribution in [0.4, 0.5) is 11.4 Å². The van der Waals surface area contributed by atoms with Crippen LogP contribution in [-0.4, -0.2) is 22.6 Å². The van der Waals surface area contributed by atoms with E-state index in [1.165, 1.54) is 0 Å². The first-order valence-corrected chi connectivity index (χ1v) is 15.8. The molecule has 230 valence electrons. The third-order valence-corrected chi connectivity index (χ3v) is 8.80. The minimum atomic E-state index is 0. The van der Waals surface area contributed by atoms with E-state index < -0.39 is 0 Å². The van der Waals surface area contributed by atoms with E-state index in [1.54, 1.807) is 24.6 Å². The number of nitrogens with zero attached hydrogens (tertiary/aromatic N) is 2. The molecule has 8 aromatic carbocycles. The summed E-state index contributed by atoms with van der Waals surface area (Å²) >= 11 is 0. The molecule has 0 heterocycles. The summed E-state index contributed by atoms with van der Waals surface area (Å²) in [4.78, 5) is 9.80. The third-order valence-electron chi connectivity index (χ3n) is 8.80. The van der Waals surface area contributed by atoms with Gasteiger partial charge in [0.1, 0.15) is 11.5 Å². The second-order valence-corrected chi connectivity index (χ2v) is 11.8. The van der Waals surface area contributed by atoms with Crippen LogP contribution in [0.5, 0.6) is 11.5 Å². The second kappa shape index (κ2) is 13.7. The topological polar surface area (TPSA) is 65.2 Å². The molecule has 0 atom stereocenters. The van der Waals surface area contributed by atoms with Gasteiger partial charge in [0, 0.05) is 43.0 Å². The van der Waals surface area contributed by atoms with Gasteiger partial charge in [0.15, 0.2) is 0 Å². The zero-order chi connectivity index (χ0) is 32.5. The van der Waals surface area contributed by atoms with E-state index in [9.17, 15) is 10.2 Å². The van der Waals surface area contributed by atoms with Crippen molar-refractivity contribution >= 4 is 56.1 Å². The Morgan fingerprint density at radius 2 is 0.776 bits per heavy atom. The van der Waals surface area contributed by atoms with Crippen LogP contribution in [0.15, 0.2) is 168 Å². The van der Waals surface area contributed by atoms with E-state index in [0.717, 1.165) is 54.6 Å². The molecule has 0 spiro atoms. The molecule has 49 heavy (non-hydrogen) atoms. The van der Waals surface area contributed by atoms with Gasteiger partial charge < -0.3 is 10.2 Å². The molecular formula is C44H30N2O2Zn. The largest absolute Gasteiger partial charge is 0.507 e. The van der Waals surface area contributed by atoms with E-state index >= 15 is 0 Å². The molecule has 0 bridgehead atoms. The van der Waals surface area contributed by atoms with E-state index in [-0.39, 0.29) is 31.0 Å². The normalized spacial score (nSPS) is 11.5. The predicted molar refractivity (Wildman–Crippen MR) is 201 cm³/mol. The number of rotatable bonds is 6. The van der Waals surface area contributed by atoms with Crippen LogP contribution in [0.2, 0.25) is 0 Å². The van der Waals surface area contributed by atoms with Crippen molar-refractivity contribution in [3.05, 3.63) is 169 Å². The molecule has 8 rings (SSSR count). The quantitative estimate of drug-likeness (QED) is 0.135. The molecule has 5 heteroatoms. The number of fused-ring (bicyclic) bond motifs is 3. The number of aliphatic imine (C=N–C) groups is 2. The van der Waals surface area contributed by atoms with E-state index in [2.05, 4.69) is 48.5 Å². The Morgan fingerprint density at radius 3 is 1.20 bits per heavy atom. The molecule has 0 fully saturated rings. The second-order valence-electron chi connectivity index (χ2n) is 11.8. The first kappa shape index (κ1) is 31.7. The van der Waals surface area contributed by atoms with Gasteiger partial charge in [0.05, 0.1) is 11.4 Å². The molecule has 0 aliphatic carbocycles. The standard InChI is InChI=1S/C44H30N2O2.Zn/c47-43-21-17-35-23-33(29-9-3-1-4-10-29)15-19-37(35)39(43)27-45-41-25-31-13-7-8-14-32(31)26-42(41)46-28-40-38-20-16-34(30-11-5-2-6-12-30)24-36(38)18-22-44(40)48;/h1-28,47-48H;. The van der Waals surface area contributed by atoms with E-state index in [0.29, 0.717) is 22.5 Å². The monoisotopic (exact) mass is 682 g/mol. The Labute approximate surface area is 297 Å². The van der Waals surface area contributed by atoms with Crippen LogP contribution in [0, 0.1) is 0 Å². The summed E-state index contributed by atoms with van der Waals surface area (Å²) in [6, 6.07) is 52.3. The van der Waals surface area contributed by atoms with Crippen molar-refractivity contribution < 1.29 is 29.7 Å². The SMILES string of the molecule is Oc1ccc2cc(-c3ccccc3)ccc2c1C=Nc1cc2ccccc2cc1N=Cc1c(O)ccc2cc(-c3ccccc3)ccc12.[Zn]. The first-order valence-electron chi connectivity index (χ1n) is 15.8. The maximum atomic E-state index is 10.9. The summed E-state index contributed by atoms with van der Waals surface area (Å²) in [5.41, 5.74) is 7.05. The fourth-order valence-electron chi connectivity index (χ4n) is 6.27.